The van der Waals surface area contributed by atoms with Gasteiger partial charge in [-0.1, -0.05) is 25.4 Å². The van der Waals surface area contributed by atoms with Crippen molar-refractivity contribution in [3.8, 4) is 0 Å². The van der Waals surface area contributed by atoms with Crippen LogP contribution in [0.4, 0.5) is 6.01 Å². The van der Waals surface area contributed by atoms with Gasteiger partial charge < -0.3 is 4.42 Å². The first-order valence-electron chi connectivity index (χ1n) is 9.14. The molecule has 4 saturated carbocycles. The van der Waals surface area contributed by atoms with Crippen LogP contribution in [0.3, 0.4) is 0 Å². The van der Waals surface area contributed by atoms with Gasteiger partial charge in [0.2, 0.25) is 5.91 Å². The quantitative estimate of drug-likeness (QED) is 0.780. The summed E-state index contributed by atoms with van der Waals surface area (Å²) in [5.41, 5.74) is 1.67. The predicted octanol–water partition coefficient (Wildman–Crippen LogP) is 5.42. The summed E-state index contributed by atoms with van der Waals surface area (Å²) < 4.78 is 5.71. The van der Waals surface area contributed by atoms with Crippen molar-refractivity contribution in [2.75, 3.05) is 5.32 Å². The second kappa shape index (κ2) is 4.79. The number of anilines is 1. The van der Waals surface area contributed by atoms with E-state index in [1.807, 2.05) is 6.07 Å². The molecular formula is C20H23ClN2O2. The van der Waals surface area contributed by atoms with Gasteiger partial charge in [0.1, 0.15) is 5.52 Å². The molecule has 0 saturated heterocycles. The molecule has 1 N–H and O–H groups in total. The van der Waals surface area contributed by atoms with E-state index < -0.39 is 0 Å². The molecule has 5 heteroatoms. The number of fused-ring (bicyclic) bond motifs is 1. The fraction of sp³-hybridized carbons (Fsp3) is 0.600. The number of nitrogens with one attached hydrogen (secondary N) is 1. The Hall–Kier alpha value is -1.55. The fourth-order valence-corrected chi connectivity index (χ4v) is 7.04. The van der Waals surface area contributed by atoms with Crippen molar-refractivity contribution >= 4 is 34.6 Å². The van der Waals surface area contributed by atoms with Crippen LogP contribution in [0.25, 0.3) is 11.1 Å². The van der Waals surface area contributed by atoms with Crippen molar-refractivity contribution in [3.63, 3.8) is 0 Å². The van der Waals surface area contributed by atoms with Crippen molar-refractivity contribution in [3.05, 3.63) is 23.2 Å². The largest absolute Gasteiger partial charge is 0.423 e. The van der Waals surface area contributed by atoms with E-state index in [1.54, 1.807) is 12.1 Å². The Labute approximate surface area is 152 Å². The second-order valence-corrected chi connectivity index (χ2v) is 9.93. The van der Waals surface area contributed by atoms with Crippen molar-refractivity contribution < 1.29 is 9.21 Å². The molecular weight excluding hydrogens is 336 g/mol. The number of amides is 1. The second-order valence-electron chi connectivity index (χ2n) is 9.50. The number of hydrogen-bond donors (Lipinski definition) is 1. The molecule has 2 unspecified atom stereocenters. The van der Waals surface area contributed by atoms with Crippen LogP contribution in [-0.4, -0.2) is 10.9 Å². The Kier molecular flexibility index (Phi) is 3.00. The normalized spacial score (nSPS) is 39.1. The lowest BCUT2D eigenvalue weighted by Gasteiger charge is -2.64. The van der Waals surface area contributed by atoms with E-state index in [0.29, 0.717) is 32.9 Å². The average Bonchev–Trinajstić information content (AvgIpc) is 2.84. The predicted molar refractivity (Wildman–Crippen MR) is 97.5 cm³/mol. The lowest BCUT2D eigenvalue weighted by molar-refractivity contribution is -0.165. The van der Waals surface area contributed by atoms with Crippen LogP contribution >= 0.6 is 11.6 Å². The van der Waals surface area contributed by atoms with Gasteiger partial charge in [0, 0.05) is 11.1 Å². The molecule has 0 radical (unpaired) electrons. The molecule has 132 valence electrons. The van der Waals surface area contributed by atoms with E-state index in [4.69, 9.17) is 16.0 Å². The molecule has 4 aliphatic carbocycles. The third-order valence-electron chi connectivity index (χ3n) is 6.68. The van der Waals surface area contributed by atoms with Gasteiger partial charge in [-0.25, -0.2) is 0 Å². The monoisotopic (exact) mass is 358 g/mol. The topological polar surface area (TPSA) is 55.1 Å². The molecule has 2 aromatic rings. The molecule has 6 rings (SSSR count). The first-order valence-corrected chi connectivity index (χ1v) is 9.52. The van der Waals surface area contributed by atoms with Gasteiger partial charge in [-0.15, -0.1) is 0 Å². The zero-order valence-electron chi connectivity index (χ0n) is 14.7. The SMILES string of the molecule is CC12CC3CC(C)(C1)CC(C(=O)Nc1nc4ccc(Cl)cc4o1)(C3)C2. The number of aromatic nitrogens is 1. The van der Waals surface area contributed by atoms with Crippen LogP contribution < -0.4 is 5.32 Å². The van der Waals surface area contributed by atoms with Crippen molar-refractivity contribution in [2.45, 2.75) is 52.4 Å². The van der Waals surface area contributed by atoms with E-state index in [2.05, 4.69) is 24.1 Å². The first kappa shape index (κ1) is 15.7. The molecule has 1 amide bonds. The maximum absolute atomic E-state index is 13.3. The van der Waals surface area contributed by atoms with Gasteiger partial charge in [0.05, 0.1) is 5.41 Å². The molecule has 25 heavy (non-hydrogen) atoms. The minimum Gasteiger partial charge on any atom is -0.423 e. The summed E-state index contributed by atoms with van der Waals surface area (Å²) in [7, 11) is 0. The molecule has 4 aliphatic rings. The summed E-state index contributed by atoms with van der Waals surface area (Å²) in [4.78, 5) is 17.7. The van der Waals surface area contributed by atoms with E-state index in [1.165, 1.54) is 19.3 Å². The number of benzene rings is 1. The molecule has 4 bridgehead atoms. The number of halogens is 1. The summed E-state index contributed by atoms with van der Waals surface area (Å²) in [6, 6.07) is 5.60. The highest BCUT2D eigenvalue weighted by Crippen LogP contribution is 2.69. The molecule has 4 fully saturated rings. The number of nitrogens with zero attached hydrogens (tertiary/aromatic N) is 1. The zero-order chi connectivity index (χ0) is 17.4. The third kappa shape index (κ3) is 2.41. The fourth-order valence-electron chi connectivity index (χ4n) is 6.88. The zero-order valence-corrected chi connectivity index (χ0v) is 15.4. The Morgan fingerprint density at radius 3 is 2.60 bits per heavy atom. The number of oxazole rings is 1. The van der Waals surface area contributed by atoms with Crippen LogP contribution in [0.15, 0.2) is 22.6 Å². The van der Waals surface area contributed by atoms with Gasteiger partial charge in [-0.3, -0.25) is 10.1 Å². The number of hydrogen-bond acceptors (Lipinski definition) is 3. The smallest absolute Gasteiger partial charge is 0.302 e. The Morgan fingerprint density at radius 1 is 1.20 bits per heavy atom. The van der Waals surface area contributed by atoms with Crippen molar-refractivity contribution in [1.82, 2.24) is 4.98 Å². The minimum atomic E-state index is -0.263. The Balaban J connectivity index is 1.45. The maximum Gasteiger partial charge on any atom is 0.302 e. The van der Waals surface area contributed by atoms with Gasteiger partial charge >= 0.3 is 6.01 Å². The van der Waals surface area contributed by atoms with E-state index >= 15 is 0 Å². The summed E-state index contributed by atoms with van der Waals surface area (Å²) in [6.07, 6.45) is 6.80. The van der Waals surface area contributed by atoms with Crippen LogP contribution in [-0.2, 0) is 4.79 Å². The highest BCUT2D eigenvalue weighted by Gasteiger charge is 2.62. The molecule has 1 heterocycles. The highest BCUT2D eigenvalue weighted by molar-refractivity contribution is 6.31. The Morgan fingerprint density at radius 2 is 1.92 bits per heavy atom. The highest BCUT2D eigenvalue weighted by atomic mass is 35.5. The van der Waals surface area contributed by atoms with Crippen LogP contribution in [0.1, 0.15) is 52.4 Å². The third-order valence-corrected chi connectivity index (χ3v) is 6.91. The maximum atomic E-state index is 13.3. The molecule has 0 spiro atoms. The van der Waals surface area contributed by atoms with Crippen LogP contribution in [0.5, 0.6) is 0 Å². The van der Waals surface area contributed by atoms with E-state index in [0.717, 1.165) is 19.3 Å². The minimum absolute atomic E-state index is 0.0895. The summed E-state index contributed by atoms with van der Waals surface area (Å²) >= 11 is 6.00. The van der Waals surface area contributed by atoms with Crippen LogP contribution in [0, 0.1) is 22.2 Å². The lowest BCUT2D eigenvalue weighted by atomic mass is 9.40. The lowest BCUT2D eigenvalue weighted by Crippen LogP contribution is -2.58. The average molecular weight is 359 g/mol. The summed E-state index contributed by atoms with van der Waals surface area (Å²) in [5, 5.41) is 3.58. The molecule has 4 nitrogen and oxygen atoms in total. The molecule has 1 aromatic carbocycles. The first-order chi connectivity index (χ1) is 11.8. The summed E-state index contributed by atoms with van der Waals surface area (Å²) in [5.74, 6) is 0.770. The standard InChI is InChI=1S/C20H23ClN2O2/c1-18-6-12-7-19(2,9-18)11-20(8-12,10-18)16(24)23-17-22-14-4-3-13(21)5-15(14)25-17/h3-5,12H,6-11H2,1-2H3,(H,22,23,24). The summed E-state index contributed by atoms with van der Waals surface area (Å²) in [6.45, 7) is 4.75. The number of carbonyl (C=O) groups excluding carboxylic acids is 1. The van der Waals surface area contributed by atoms with Gasteiger partial charge in [0.15, 0.2) is 5.58 Å². The van der Waals surface area contributed by atoms with E-state index in [9.17, 15) is 4.79 Å². The van der Waals surface area contributed by atoms with Crippen molar-refractivity contribution in [1.29, 1.82) is 0 Å². The number of carbonyl (C=O) groups is 1. The van der Waals surface area contributed by atoms with Gasteiger partial charge in [-0.05, 0) is 67.4 Å². The number of rotatable bonds is 2. The molecule has 1 aromatic heterocycles. The molecule has 2 atom stereocenters. The van der Waals surface area contributed by atoms with Crippen LogP contribution in [0.2, 0.25) is 5.02 Å². The molecule has 0 aliphatic heterocycles. The van der Waals surface area contributed by atoms with Gasteiger partial charge in [-0.2, -0.15) is 4.98 Å². The van der Waals surface area contributed by atoms with Crippen molar-refractivity contribution in [2.24, 2.45) is 22.2 Å². The van der Waals surface area contributed by atoms with E-state index in [-0.39, 0.29) is 17.3 Å². The van der Waals surface area contributed by atoms with Gasteiger partial charge in [0.25, 0.3) is 0 Å². The Bertz CT molecular complexity index is 871.